The van der Waals surface area contributed by atoms with Gasteiger partial charge in [-0.2, -0.15) is 5.10 Å². The van der Waals surface area contributed by atoms with E-state index in [-0.39, 0.29) is 0 Å². The smallest absolute Gasteiger partial charge is 0.164 e. The highest BCUT2D eigenvalue weighted by Crippen LogP contribution is 2.02. The summed E-state index contributed by atoms with van der Waals surface area (Å²) < 4.78 is 0. The van der Waals surface area contributed by atoms with Crippen molar-refractivity contribution in [1.29, 1.82) is 0 Å². The van der Waals surface area contributed by atoms with Gasteiger partial charge in [0.25, 0.3) is 0 Å². The molecule has 1 aromatic carbocycles. The second-order valence-electron chi connectivity index (χ2n) is 3.27. The Bertz CT molecular complexity index is 465. The van der Waals surface area contributed by atoms with Crippen molar-refractivity contribution >= 4 is 11.5 Å². The van der Waals surface area contributed by atoms with Gasteiger partial charge < -0.3 is 0 Å². The van der Waals surface area contributed by atoms with Crippen LogP contribution in [0.25, 0.3) is 0 Å². The molecule has 0 aliphatic carbocycles. The van der Waals surface area contributed by atoms with Crippen LogP contribution in [0.2, 0.25) is 0 Å². The molecule has 1 heterocycles. The minimum atomic E-state index is 0.637. The first kappa shape index (κ1) is 10.3. The third kappa shape index (κ3) is 2.63. The lowest BCUT2D eigenvalue weighted by atomic mass is 10.1. The molecule has 0 bridgehead atoms. The highest BCUT2D eigenvalue weighted by molar-refractivity contribution is 5.98. The van der Waals surface area contributed by atoms with E-state index in [4.69, 9.17) is 0 Å². The first-order valence-corrected chi connectivity index (χ1v) is 4.98. The minimum Gasteiger partial charge on any atom is -0.260 e. The Labute approximate surface area is 94.1 Å². The van der Waals surface area contributed by atoms with Crippen LogP contribution in [-0.2, 0) is 0 Å². The van der Waals surface area contributed by atoms with Gasteiger partial charge in [-0.1, -0.05) is 30.3 Å². The molecule has 4 heteroatoms. The standard InChI is InChI=1S/C12H12N4/c1-10(11-5-3-2-4-6-11)15-16-12-9-13-7-8-14-12/h2-9H,1H3,(H,14,16)/b15-10-. The number of nitrogens with one attached hydrogen (secondary N) is 1. The average Bonchev–Trinajstić information content (AvgIpc) is 2.38. The van der Waals surface area contributed by atoms with Crippen LogP contribution in [0.1, 0.15) is 12.5 Å². The average molecular weight is 212 g/mol. The Balaban J connectivity index is 2.09. The fourth-order valence-corrected chi connectivity index (χ4v) is 1.24. The molecular weight excluding hydrogens is 200 g/mol. The van der Waals surface area contributed by atoms with Gasteiger partial charge in [0.2, 0.25) is 0 Å². The second kappa shape index (κ2) is 5.02. The summed E-state index contributed by atoms with van der Waals surface area (Å²) in [4.78, 5) is 8.00. The molecule has 0 atom stereocenters. The lowest BCUT2D eigenvalue weighted by Gasteiger charge is -2.01. The van der Waals surface area contributed by atoms with Crippen molar-refractivity contribution in [2.45, 2.75) is 6.92 Å². The van der Waals surface area contributed by atoms with Crippen LogP contribution in [0, 0.1) is 0 Å². The van der Waals surface area contributed by atoms with E-state index in [1.165, 1.54) is 0 Å². The van der Waals surface area contributed by atoms with Crippen molar-refractivity contribution in [3.63, 3.8) is 0 Å². The highest BCUT2D eigenvalue weighted by atomic mass is 15.3. The molecule has 0 fully saturated rings. The zero-order chi connectivity index (χ0) is 11.2. The lowest BCUT2D eigenvalue weighted by molar-refractivity contribution is 1.15. The zero-order valence-corrected chi connectivity index (χ0v) is 8.96. The summed E-state index contributed by atoms with van der Waals surface area (Å²) in [6.07, 6.45) is 4.87. The van der Waals surface area contributed by atoms with Gasteiger partial charge in [0, 0.05) is 12.4 Å². The monoisotopic (exact) mass is 212 g/mol. The topological polar surface area (TPSA) is 50.2 Å². The molecular formula is C12H12N4. The Kier molecular flexibility index (Phi) is 3.23. The van der Waals surface area contributed by atoms with Crippen LogP contribution in [0.15, 0.2) is 54.0 Å². The Morgan fingerprint density at radius 2 is 2.00 bits per heavy atom. The maximum atomic E-state index is 4.23. The first-order valence-electron chi connectivity index (χ1n) is 4.98. The van der Waals surface area contributed by atoms with Crippen LogP contribution in [0.4, 0.5) is 5.82 Å². The molecule has 0 radical (unpaired) electrons. The van der Waals surface area contributed by atoms with Gasteiger partial charge >= 0.3 is 0 Å². The number of hydrogen-bond acceptors (Lipinski definition) is 4. The largest absolute Gasteiger partial charge is 0.260 e. The van der Waals surface area contributed by atoms with Gasteiger partial charge in [-0.05, 0) is 12.5 Å². The van der Waals surface area contributed by atoms with E-state index >= 15 is 0 Å². The van der Waals surface area contributed by atoms with Gasteiger partial charge in [-0.3, -0.25) is 10.4 Å². The van der Waals surface area contributed by atoms with Crippen molar-refractivity contribution in [3.05, 3.63) is 54.5 Å². The Morgan fingerprint density at radius 1 is 1.19 bits per heavy atom. The van der Waals surface area contributed by atoms with Crippen LogP contribution in [0.3, 0.4) is 0 Å². The number of hydrazone groups is 1. The Morgan fingerprint density at radius 3 is 2.69 bits per heavy atom. The maximum absolute atomic E-state index is 4.23. The molecule has 0 amide bonds. The molecule has 2 rings (SSSR count). The summed E-state index contributed by atoms with van der Waals surface area (Å²) in [7, 11) is 0. The fraction of sp³-hybridized carbons (Fsp3) is 0.0833. The number of benzene rings is 1. The van der Waals surface area contributed by atoms with Crippen molar-refractivity contribution in [2.24, 2.45) is 5.10 Å². The van der Waals surface area contributed by atoms with Crippen LogP contribution < -0.4 is 5.43 Å². The minimum absolute atomic E-state index is 0.637. The van der Waals surface area contributed by atoms with Gasteiger partial charge in [0.05, 0.1) is 11.9 Å². The Hall–Kier alpha value is -2.23. The third-order valence-corrected chi connectivity index (χ3v) is 2.09. The third-order valence-electron chi connectivity index (χ3n) is 2.09. The SMILES string of the molecule is C/C(=N/Nc1cnccn1)c1ccccc1. The summed E-state index contributed by atoms with van der Waals surface area (Å²) in [5.74, 6) is 0.637. The molecule has 0 spiro atoms. The van der Waals surface area contributed by atoms with Crippen LogP contribution in [0.5, 0.6) is 0 Å². The molecule has 4 nitrogen and oxygen atoms in total. The zero-order valence-electron chi connectivity index (χ0n) is 8.96. The normalized spacial score (nSPS) is 11.2. The van der Waals surface area contributed by atoms with Gasteiger partial charge in [-0.25, -0.2) is 4.98 Å². The van der Waals surface area contributed by atoms with Crippen molar-refractivity contribution in [1.82, 2.24) is 9.97 Å². The van der Waals surface area contributed by atoms with Crippen molar-refractivity contribution < 1.29 is 0 Å². The summed E-state index contributed by atoms with van der Waals surface area (Å²) in [6.45, 7) is 1.94. The molecule has 16 heavy (non-hydrogen) atoms. The summed E-state index contributed by atoms with van der Waals surface area (Å²) in [5.41, 5.74) is 4.85. The summed E-state index contributed by atoms with van der Waals surface area (Å²) in [6, 6.07) is 9.97. The number of anilines is 1. The second-order valence-corrected chi connectivity index (χ2v) is 3.27. The molecule has 0 unspecified atom stereocenters. The van der Waals surface area contributed by atoms with Crippen LogP contribution >= 0.6 is 0 Å². The molecule has 2 aromatic rings. The van der Waals surface area contributed by atoms with Crippen molar-refractivity contribution in [3.8, 4) is 0 Å². The summed E-state index contributed by atoms with van der Waals surface area (Å²) >= 11 is 0. The molecule has 1 aromatic heterocycles. The van der Waals surface area contributed by atoms with Crippen LogP contribution in [-0.4, -0.2) is 15.7 Å². The fourth-order valence-electron chi connectivity index (χ4n) is 1.24. The van der Waals surface area contributed by atoms with E-state index in [0.717, 1.165) is 11.3 Å². The van der Waals surface area contributed by atoms with E-state index < -0.39 is 0 Å². The number of nitrogens with zero attached hydrogens (tertiary/aromatic N) is 3. The van der Waals surface area contributed by atoms with E-state index in [0.29, 0.717) is 5.82 Å². The van der Waals surface area contributed by atoms with E-state index in [2.05, 4.69) is 20.5 Å². The molecule has 0 saturated carbocycles. The van der Waals surface area contributed by atoms with Crippen molar-refractivity contribution in [2.75, 3.05) is 5.43 Å². The van der Waals surface area contributed by atoms with Gasteiger partial charge in [0.15, 0.2) is 5.82 Å². The highest BCUT2D eigenvalue weighted by Gasteiger charge is 1.95. The van der Waals surface area contributed by atoms with Gasteiger partial charge in [-0.15, -0.1) is 0 Å². The molecule has 1 N–H and O–H groups in total. The maximum Gasteiger partial charge on any atom is 0.164 e. The number of rotatable bonds is 3. The lowest BCUT2D eigenvalue weighted by Crippen LogP contribution is -2.00. The molecule has 0 aliphatic rings. The molecule has 80 valence electrons. The first-order chi connectivity index (χ1) is 7.86. The van der Waals surface area contributed by atoms with E-state index in [1.54, 1.807) is 18.6 Å². The predicted molar refractivity (Wildman–Crippen MR) is 64.3 cm³/mol. The van der Waals surface area contributed by atoms with E-state index in [1.807, 2.05) is 37.3 Å². The quantitative estimate of drug-likeness (QED) is 0.627. The number of hydrogen-bond donors (Lipinski definition) is 1. The molecule has 0 aliphatic heterocycles. The van der Waals surface area contributed by atoms with E-state index in [9.17, 15) is 0 Å². The van der Waals surface area contributed by atoms with Gasteiger partial charge in [0.1, 0.15) is 0 Å². The predicted octanol–water partition coefficient (Wildman–Crippen LogP) is 2.31. The summed E-state index contributed by atoms with van der Waals surface area (Å²) in [5, 5.41) is 4.23. The number of aromatic nitrogens is 2. The molecule has 0 saturated heterocycles.